The molecular formula is C22H19N3O. The number of para-hydroxylation sites is 1. The first kappa shape index (κ1) is 15.3. The van der Waals surface area contributed by atoms with E-state index in [0.717, 1.165) is 41.2 Å². The van der Waals surface area contributed by atoms with Gasteiger partial charge >= 0.3 is 0 Å². The van der Waals surface area contributed by atoms with Gasteiger partial charge in [-0.1, -0.05) is 30.3 Å². The van der Waals surface area contributed by atoms with Gasteiger partial charge in [-0.25, -0.2) is 9.97 Å². The summed E-state index contributed by atoms with van der Waals surface area (Å²) in [5.41, 5.74) is 4.66. The quantitative estimate of drug-likeness (QED) is 0.539. The summed E-state index contributed by atoms with van der Waals surface area (Å²) in [6, 6.07) is 18.8. The fourth-order valence-corrected chi connectivity index (χ4v) is 3.85. The molecule has 0 N–H and O–H groups in total. The maximum atomic E-state index is 6.18. The van der Waals surface area contributed by atoms with Gasteiger partial charge in [-0.05, 0) is 42.4 Å². The van der Waals surface area contributed by atoms with Crippen LogP contribution in [0.4, 0.5) is 0 Å². The van der Waals surface area contributed by atoms with Crippen LogP contribution in [-0.4, -0.2) is 28.5 Å². The average Bonchev–Trinajstić information content (AvgIpc) is 3.11. The summed E-state index contributed by atoms with van der Waals surface area (Å²) < 4.78 is 6.18. The fourth-order valence-electron chi connectivity index (χ4n) is 3.85. The molecule has 0 saturated carbocycles. The van der Waals surface area contributed by atoms with Crippen molar-refractivity contribution in [2.45, 2.75) is 12.5 Å². The Bertz CT molecular complexity index is 1040. The minimum Gasteiger partial charge on any atom is -0.460 e. The molecule has 0 radical (unpaired) electrons. The molecular weight excluding hydrogens is 322 g/mol. The van der Waals surface area contributed by atoms with E-state index < -0.39 is 0 Å². The molecule has 1 atom stereocenters. The summed E-state index contributed by atoms with van der Waals surface area (Å²) in [5, 5.41) is 1.16. The first-order valence-corrected chi connectivity index (χ1v) is 8.85. The Balaban J connectivity index is 1.59. The Morgan fingerprint density at radius 3 is 2.69 bits per heavy atom. The van der Waals surface area contributed by atoms with Crippen LogP contribution in [0.2, 0.25) is 0 Å². The number of nitrogens with zero attached hydrogens (tertiary/aromatic N) is 3. The largest absolute Gasteiger partial charge is 0.460 e. The summed E-state index contributed by atoms with van der Waals surface area (Å²) >= 11 is 0. The predicted octanol–water partition coefficient (Wildman–Crippen LogP) is 4.47. The molecule has 4 nitrogen and oxygen atoms in total. The van der Waals surface area contributed by atoms with Gasteiger partial charge in [-0.3, -0.25) is 0 Å². The minimum atomic E-state index is 0.238. The molecule has 3 heterocycles. The Morgan fingerprint density at radius 2 is 1.85 bits per heavy atom. The first-order valence-electron chi connectivity index (χ1n) is 8.85. The maximum Gasteiger partial charge on any atom is 0.159 e. The third kappa shape index (κ3) is 2.59. The molecule has 4 aromatic rings. The van der Waals surface area contributed by atoms with Gasteiger partial charge in [0.1, 0.15) is 11.3 Å². The number of likely N-dealkylation sites (N-methyl/N-ethyl adjacent to an activating group) is 1. The topological polar surface area (TPSA) is 42.2 Å². The van der Waals surface area contributed by atoms with E-state index >= 15 is 0 Å². The second-order valence-electron chi connectivity index (χ2n) is 6.92. The highest BCUT2D eigenvalue weighted by Gasteiger charge is 2.27. The number of aromatic nitrogens is 2. The van der Waals surface area contributed by atoms with Crippen LogP contribution in [-0.2, 0) is 6.54 Å². The third-order valence-corrected chi connectivity index (χ3v) is 5.06. The SMILES string of the molecule is CN1Cc2cc(-c3ncccn3)ccc2C(c2cc3ccccc3o2)C1. The lowest BCUT2D eigenvalue weighted by molar-refractivity contribution is 0.282. The highest BCUT2D eigenvalue weighted by molar-refractivity contribution is 5.78. The molecule has 128 valence electrons. The van der Waals surface area contributed by atoms with E-state index in [-0.39, 0.29) is 5.92 Å². The van der Waals surface area contributed by atoms with Gasteiger partial charge < -0.3 is 9.32 Å². The molecule has 1 aliphatic rings. The molecule has 0 amide bonds. The van der Waals surface area contributed by atoms with Gasteiger partial charge in [0.2, 0.25) is 0 Å². The van der Waals surface area contributed by atoms with Crippen molar-refractivity contribution in [3.63, 3.8) is 0 Å². The number of hydrogen-bond acceptors (Lipinski definition) is 4. The van der Waals surface area contributed by atoms with Crippen LogP contribution in [0.15, 0.2) is 71.4 Å². The highest BCUT2D eigenvalue weighted by Crippen LogP contribution is 2.37. The van der Waals surface area contributed by atoms with Crippen molar-refractivity contribution < 1.29 is 4.42 Å². The molecule has 0 saturated heterocycles. The lowest BCUT2D eigenvalue weighted by Crippen LogP contribution is -2.30. The number of hydrogen-bond donors (Lipinski definition) is 0. The van der Waals surface area contributed by atoms with Crippen LogP contribution in [0, 0.1) is 0 Å². The Morgan fingerprint density at radius 1 is 1.00 bits per heavy atom. The second kappa shape index (κ2) is 6.07. The van der Waals surface area contributed by atoms with E-state index in [1.807, 2.05) is 18.2 Å². The van der Waals surface area contributed by atoms with E-state index in [1.165, 1.54) is 11.1 Å². The highest BCUT2D eigenvalue weighted by atomic mass is 16.3. The van der Waals surface area contributed by atoms with Gasteiger partial charge in [0, 0.05) is 36.4 Å². The Hall–Kier alpha value is -2.98. The van der Waals surface area contributed by atoms with Gasteiger partial charge in [-0.2, -0.15) is 0 Å². The van der Waals surface area contributed by atoms with E-state index in [2.05, 4.69) is 58.3 Å². The molecule has 0 aliphatic carbocycles. The lowest BCUT2D eigenvalue weighted by atomic mass is 9.87. The zero-order valence-electron chi connectivity index (χ0n) is 14.6. The van der Waals surface area contributed by atoms with E-state index in [0.29, 0.717) is 0 Å². The van der Waals surface area contributed by atoms with Crippen molar-refractivity contribution >= 4 is 11.0 Å². The molecule has 1 unspecified atom stereocenters. The zero-order valence-corrected chi connectivity index (χ0v) is 14.6. The normalized spacial score (nSPS) is 17.3. The van der Waals surface area contributed by atoms with Crippen molar-refractivity contribution in [2.75, 3.05) is 13.6 Å². The second-order valence-corrected chi connectivity index (χ2v) is 6.92. The van der Waals surface area contributed by atoms with Crippen LogP contribution in [0.1, 0.15) is 22.8 Å². The maximum absolute atomic E-state index is 6.18. The Kier molecular flexibility index (Phi) is 3.57. The van der Waals surface area contributed by atoms with Crippen LogP contribution >= 0.6 is 0 Å². The summed E-state index contributed by atoms with van der Waals surface area (Å²) in [5.74, 6) is 2.04. The number of fused-ring (bicyclic) bond motifs is 2. The molecule has 2 aromatic heterocycles. The van der Waals surface area contributed by atoms with Gasteiger partial charge in [0.15, 0.2) is 5.82 Å². The zero-order chi connectivity index (χ0) is 17.5. The van der Waals surface area contributed by atoms with Crippen molar-refractivity contribution in [3.8, 4) is 11.4 Å². The van der Waals surface area contributed by atoms with Crippen LogP contribution in [0.3, 0.4) is 0 Å². The summed E-state index contributed by atoms with van der Waals surface area (Å²) in [6.45, 7) is 1.88. The smallest absolute Gasteiger partial charge is 0.159 e. The molecule has 0 fully saturated rings. The van der Waals surface area contributed by atoms with Crippen molar-refractivity contribution in [2.24, 2.45) is 0 Å². The molecule has 0 bridgehead atoms. The standard InChI is InChI=1S/C22H19N3O/c1-25-13-17-11-16(22-23-9-4-10-24-22)7-8-18(17)19(14-25)21-12-15-5-2-3-6-20(15)26-21/h2-12,19H,13-14H2,1H3. The van der Waals surface area contributed by atoms with Crippen molar-refractivity contribution in [1.29, 1.82) is 0 Å². The van der Waals surface area contributed by atoms with E-state index in [1.54, 1.807) is 12.4 Å². The monoisotopic (exact) mass is 341 g/mol. The lowest BCUT2D eigenvalue weighted by Gasteiger charge is -2.31. The van der Waals surface area contributed by atoms with E-state index in [9.17, 15) is 0 Å². The minimum absolute atomic E-state index is 0.238. The average molecular weight is 341 g/mol. The van der Waals surface area contributed by atoms with Gasteiger partial charge in [0.25, 0.3) is 0 Å². The first-order chi connectivity index (χ1) is 12.8. The van der Waals surface area contributed by atoms with Crippen molar-refractivity contribution in [1.82, 2.24) is 14.9 Å². The summed E-state index contributed by atoms with van der Waals surface area (Å²) in [7, 11) is 2.16. The van der Waals surface area contributed by atoms with Crippen LogP contribution in [0.5, 0.6) is 0 Å². The van der Waals surface area contributed by atoms with Crippen LogP contribution < -0.4 is 0 Å². The predicted molar refractivity (Wildman–Crippen MR) is 102 cm³/mol. The number of benzene rings is 2. The van der Waals surface area contributed by atoms with Gasteiger partial charge in [0.05, 0.1) is 5.92 Å². The van der Waals surface area contributed by atoms with E-state index in [4.69, 9.17) is 4.42 Å². The summed E-state index contributed by atoms with van der Waals surface area (Å²) in [4.78, 5) is 11.1. The molecule has 0 spiro atoms. The molecule has 1 aliphatic heterocycles. The Labute approximate surface area is 152 Å². The fraction of sp³-hybridized carbons (Fsp3) is 0.182. The van der Waals surface area contributed by atoms with Gasteiger partial charge in [-0.15, -0.1) is 0 Å². The van der Waals surface area contributed by atoms with Crippen LogP contribution in [0.25, 0.3) is 22.4 Å². The molecule has 26 heavy (non-hydrogen) atoms. The number of rotatable bonds is 2. The van der Waals surface area contributed by atoms with Crippen molar-refractivity contribution in [3.05, 3.63) is 83.9 Å². The summed E-state index contributed by atoms with van der Waals surface area (Å²) in [6.07, 6.45) is 3.57. The number of furan rings is 1. The molecule has 5 rings (SSSR count). The molecule has 4 heteroatoms. The molecule has 2 aromatic carbocycles. The third-order valence-electron chi connectivity index (χ3n) is 5.06.